The highest BCUT2D eigenvalue weighted by Gasteiger charge is 2.11. The minimum atomic E-state index is 0. The van der Waals surface area contributed by atoms with Crippen molar-refractivity contribution in [3.05, 3.63) is 30.1 Å². The molecule has 0 bridgehead atoms. The molecule has 1 unspecified atom stereocenters. The van der Waals surface area contributed by atoms with Crippen molar-refractivity contribution in [2.24, 2.45) is 0 Å². The average molecular weight is 325 g/mol. The van der Waals surface area contributed by atoms with Gasteiger partial charge in [0, 0.05) is 18.4 Å². The van der Waals surface area contributed by atoms with Gasteiger partial charge in [0.1, 0.15) is 11.6 Å². The lowest BCUT2D eigenvalue weighted by Crippen LogP contribution is -2.24. The zero-order valence-electron chi connectivity index (χ0n) is 13.4. The zero-order valence-corrected chi connectivity index (χ0v) is 14.2. The number of aromatic nitrogens is 2. The molecular formula is C16H25ClN4O. The lowest BCUT2D eigenvalue weighted by atomic mass is 10.2. The van der Waals surface area contributed by atoms with Crippen molar-refractivity contribution in [1.29, 1.82) is 0 Å². The van der Waals surface area contributed by atoms with Gasteiger partial charge in [-0.3, -0.25) is 0 Å². The number of nitrogens with one attached hydrogen (secondary N) is 1. The fourth-order valence-corrected chi connectivity index (χ4v) is 2.14. The minimum Gasteiger partial charge on any atom is -0.394 e. The Morgan fingerprint density at radius 3 is 2.59 bits per heavy atom. The largest absolute Gasteiger partial charge is 0.394 e. The van der Waals surface area contributed by atoms with E-state index in [0.717, 1.165) is 41.9 Å². The molecule has 0 fully saturated rings. The van der Waals surface area contributed by atoms with Crippen LogP contribution in [0.2, 0.25) is 0 Å². The summed E-state index contributed by atoms with van der Waals surface area (Å²) in [6.45, 7) is 3.06. The Bertz CT molecular complexity index is 587. The third-order valence-electron chi connectivity index (χ3n) is 3.49. The van der Waals surface area contributed by atoms with Gasteiger partial charge in [0.15, 0.2) is 0 Å². The van der Waals surface area contributed by atoms with Crippen LogP contribution in [0.3, 0.4) is 0 Å². The van der Waals surface area contributed by atoms with Gasteiger partial charge in [0.25, 0.3) is 0 Å². The fraction of sp³-hybridized carbons (Fsp3) is 0.500. The average Bonchev–Trinajstić information content (AvgIpc) is 2.50. The molecule has 0 aliphatic rings. The minimum absolute atomic E-state index is 0. The molecule has 0 aliphatic carbocycles. The maximum absolute atomic E-state index is 9.39. The van der Waals surface area contributed by atoms with Crippen LogP contribution in [0.25, 0.3) is 10.9 Å². The molecule has 122 valence electrons. The van der Waals surface area contributed by atoms with Crippen molar-refractivity contribution in [3.8, 4) is 0 Å². The molecule has 0 radical (unpaired) electrons. The summed E-state index contributed by atoms with van der Waals surface area (Å²) in [6.07, 6.45) is 1.66. The van der Waals surface area contributed by atoms with Crippen molar-refractivity contribution in [1.82, 2.24) is 14.9 Å². The van der Waals surface area contributed by atoms with Crippen molar-refractivity contribution in [2.45, 2.75) is 25.8 Å². The Morgan fingerprint density at radius 1 is 1.23 bits per heavy atom. The molecule has 0 spiro atoms. The second-order valence-electron chi connectivity index (χ2n) is 5.49. The molecule has 1 aromatic carbocycles. The van der Waals surface area contributed by atoms with Crippen LogP contribution in [0.15, 0.2) is 24.3 Å². The van der Waals surface area contributed by atoms with E-state index in [9.17, 15) is 5.11 Å². The summed E-state index contributed by atoms with van der Waals surface area (Å²) < 4.78 is 0. The van der Waals surface area contributed by atoms with Crippen molar-refractivity contribution in [2.75, 3.05) is 32.6 Å². The fourth-order valence-electron chi connectivity index (χ4n) is 2.14. The first kappa shape index (κ1) is 18.6. The number of hydrogen-bond acceptors (Lipinski definition) is 5. The summed E-state index contributed by atoms with van der Waals surface area (Å²) in [4.78, 5) is 11.4. The van der Waals surface area contributed by atoms with E-state index in [0.29, 0.717) is 0 Å². The van der Waals surface area contributed by atoms with E-state index >= 15 is 0 Å². The molecule has 0 saturated carbocycles. The molecule has 22 heavy (non-hydrogen) atoms. The number of anilines is 1. The number of fused-ring (bicyclic) bond motifs is 1. The van der Waals surface area contributed by atoms with E-state index in [2.05, 4.69) is 20.2 Å². The normalized spacial score (nSPS) is 12.2. The Labute approximate surface area is 138 Å². The first-order chi connectivity index (χ1) is 10.1. The highest BCUT2D eigenvalue weighted by atomic mass is 35.5. The first-order valence-electron chi connectivity index (χ1n) is 7.41. The SMILES string of the molecule is CCC(CO)Nc1nc(CCN(C)C)nc2ccccc12.Cl. The number of halogens is 1. The van der Waals surface area contributed by atoms with E-state index in [-0.39, 0.29) is 25.1 Å². The van der Waals surface area contributed by atoms with Gasteiger partial charge in [-0.2, -0.15) is 0 Å². The quantitative estimate of drug-likeness (QED) is 0.818. The van der Waals surface area contributed by atoms with Gasteiger partial charge in [-0.15, -0.1) is 12.4 Å². The molecule has 2 rings (SSSR count). The van der Waals surface area contributed by atoms with E-state index in [1.807, 2.05) is 45.3 Å². The molecule has 6 heteroatoms. The van der Waals surface area contributed by atoms with Crippen LogP contribution in [-0.4, -0.2) is 53.3 Å². The van der Waals surface area contributed by atoms with Gasteiger partial charge in [0.05, 0.1) is 18.2 Å². The highest BCUT2D eigenvalue weighted by Crippen LogP contribution is 2.21. The molecular weight excluding hydrogens is 300 g/mol. The second kappa shape index (κ2) is 8.88. The van der Waals surface area contributed by atoms with Crippen molar-refractivity contribution >= 4 is 29.1 Å². The van der Waals surface area contributed by atoms with Crippen LogP contribution >= 0.6 is 12.4 Å². The number of nitrogens with zero attached hydrogens (tertiary/aromatic N) is 3. The molecule has 0 saturated heterocycles. The van der Waals surface area contributed by atoms with Crippen LogP contribution in [0.4, 0.5) is 5.82 Å². The Kier molecular flexibility index (Phi) is 7.51. The van der Waals surface area contributed by atoms with Gasteiger partial charge in [-0.25, -0.2) is 9.97 Å². The second-order valence-corrected chi connectivity index (χ2v) is 5.49. The van der Waals surface area contributed by atoms with Crippen LogP contribution in [0.5, 0.6) is 0 Å². The van der Waals surface area contributed by atoms with Gasteiger partial charge in [-0.05, 0) is 32.6 Å². The first-order valence-corrected chi connectivity index (χ1v) is 7.41. The topological polar surface area (TPSA) is 61.3 Å². The van der Waals surface area contributed by atoms with Crippen LogP contribution < -0.4 is 5.32 Å². The highest BCUT2D eigenvalue weighted by molar-refractivity contribution is 5.89. The summed E-state index contributed by atoms with van der Waals surface area (Å²) >= 11 is 0. The van der Waals surface area contributed by atoms with E-state index in [4.69, 9.17) is 0 Å². The van der Waals surface area contributed by atoms with E-state index < -0.39 is 0 Å². The molecule has 1 heterocycles. The zero-order chi connectivity index (χ0) is 15.2. The van der Waals surface area contributed by atoms with Gasteiger partial charge < -0.3 is 15.3 Å². The summed E-state index contributed by atoms with van der Waals surface area (Å²) in [5, 5.41) is 13.7. The maximum atomic E-state index is 9.39. The maximum Gasteiger partial charge on any atom is 0.137 e. The standard InChI is InChI=1S/C16H24N4O.ClH/c1-4-12(11-21)17-16-13-7-5-6-8-14(13)18-15(19-16)9-10-20(2)3;/h5-8,12,21H,4,9-11H2,1-3H3,(H,17,18,19);1H. The van der Waals surface area contributed by atoms with Gasteiger partial charge >= 0.3 is 0 Å². The Balaban J connectivity index is 0.00000242. The molecule has 0 amide bonds. The molecule has 1 aromatic heterocycles. The van der Waals surface area contributed by atoms with Crippen LogP contribution in [0, 0.1) is 0 Å². The predicted octanol–water partition coefficient (Wildman–Crippen LogP) is 2.34. The van der Waals surface area contributed by atoms with Crippen molar-refractivity contribution < 1.29 is 5.11 Å². The number of para-hydroxylation sites is 1. The third kappa shape index (κ3) is 4.80. The number of benzene rings is 1. The van der Waals surface area contributed by atoms with Crippen LogP contribution in [-0.2, 0) is 6.42 Å². The summed E-state index contributed by atoms with van der Waals surface area (Å²) in [7, 11) is 4.08. The predicted molar refractivity (Wildman–Crippen MR) is 93.8 cm³/mol. The molecule has 2 aromatic rings. The summed E-state index contributed by atoms with van der Waals surface area (Å²) in [5.41, 5.74) is 0.941. The van der Waals surface area contributed by atoms with E-state index in [1.54, 1.807) is 0 Å². The number of likely N-dealkylation sites (N-methyl/N-ethyl adjacent to an activating group) is 1. The van der Waals surface area contributed by atoms with Crippen molar-refractivity contribution in [3.63, 3.8) is 0 Å². The van der Waals surface area contributed by atoms with Gasteiger partial charge in [-0.1, -0.05) is 19.1 Å². The molecule has 2 N–H and O–H groups in total. The lowest BCUT2D eigenvalue weighted by molar-refractivity contribution is 0.271. The lowest BCUT2D eigenvalue weighted by Gasteiger charge is -2.17. The molecule has 5 nitrogen and oxygen atoms in total. The number of rotatable bonds is 7. The van der Waals surface area contributed by atoms with E-state index in [1.165, 1.54) is 0 Å². The van der Waals surface area contributed by atoms with Crippen LogP contribution in [0.1, 0.15) is 19.2 Å². The smallest absolute Gasteiger partial charge is 0.137 e. The number of hydrogen-bond donors (Lipinski definition) is 2. The molecule has 0 aliphatic heterocycles. The summed E-state index contributed by atoms with van der Waals surface area (Å²) in [5.74, 6) is 1.65. The third-order valence-corrected chi connectivity index (χ3v) is 3.49. The summed E-state index contributed by atoms with van der Waals surface area (Å²) in [6, 6.07) is 8.00. The Morgan fingerprint density at radius 2 is 1.95 bits per heavy atom. The molecule has 1 atom stereocenters. The number of aliphatic hydroxyl groups excluding tert-OH is 1. The van der Waals surface area contributed by atoms with Gasteiger partial charge in [0.2, 0.25) is 0 Å². The monoisotopic (exact) mass is 324 g/mol. The number of aliphatic hydroxyl groups is 1. The Hall–Kier alpha value is -1.43.